The normalized spacial score (nSPS) is 10.3. The minimum Gasteiger partial charge on any atom is -0.395 e. The lowest BCUT2D eigenvalue weighted by atomic mass is 10.1. The lowest BCUT2D eigenvalue weighted by Gasteiger charge is -2.22. The van der Waals surface area contributed by atoms with Crippen molar-refractivity contribution in [3.8, 4) is 0 Å². The Morgan fingerprint density at radius 3 is 2.79 bits per heavy atom. The first-order valence-corrected chi connectivity index (χ1v) is 6.38. The fourth-order valence-corrected chi connectivity index (χ4v) is 1.89. The van der Waals surface area contributed by atoms with Gasteiger partial charge in [0.25, 0.3) is 5.91 Å². The highest BCUT2D eigenvalue weighted by Crippen LogP contribution is 2.21. The summed E-state index contributed by atoms with van der Waals surface area (Å²) in [7, 11) is 3.31. The number of nitrogens with zero attached hydrogens (tertiary/aromatic N) is 1. The summed E-state index contributed by atoms with van der Waals surface area (Å²) in [6.07, 6.45) is 0. The van der Waals surface area contributed by atoms with Crippen LogP contribution in [-0.4, -0.2) is 56.4 Å². The Kier molecular flexibility index (Phi) is 6.62. The van der Waals surface area contributed by atoms with Crippen LogP contribution in [-0.2, 0) is 4.74 Å². The van der Waals surface area contributed by atoms with E-state index in [2.05, 4.69) is 5.32 Å². The Morgan fingerprint density at radius 2 is 2.21 bits per heavy atom. The molecule has 0 heterocycles. The van der Waals surface area contributed by atoms with Gasteiger partial charge in [0.1, 0.15) is 0 Å². The van der Waals surface area contributed by atoms with Crippen LogP contribution in [0.2, 0.25) is 5.02 Å². The van der Waals surface area contributed by atoms with E-state index in [0.29, 0.717) is 29.4 Å². The van der Waals surface area contributed by atoms with Crippen molar-refractivity contribution in [2.24, 2.45) is 0 Å². The number of aliphatic hydroxyl groups is 1. The number of hydrogen-bond acceptors (Lipinski definition) is 4. The second kappa shape index (κ2) is 7.99. The van der Waals surface area contributed by atoms with E-state index in [9.17, 15) is 4.79 Å². The molecule has 0 saturated carbocycles. The van der Waals surface area contributed by atoms with E-state index < -0.39 is 0 Å². The third-order valence-electron chi connectivity index (χ3n) is 2.70. The summed E-state index contributed by atoms with van der Waals surface area (Å²) >= 11 is 5.93. The lowest BCUT2D eigenvalue weighted by molar-refractivity contribution is 0.0657. The molecule has 0 aromatic heterocycles. The summed E-state index contributed by atoms with van der Waals surface area (Å²) < 4.78 is 4.97. The molecule has 0 aliphatic rings. The van der Waals surface area contributed by atoms with Crippen LogP contribution in [0, 0.1) is 0 Å². The predicted molar refractivity (Wildman–Crippen MR) is 75.9 cm³/mol. The van der Waals surface area contributed by atoms with Crippen molar-refractivity contribution in [1.29, 1.82) is 0 Å². The molecule has 0 aliphatic heterocycles. The van der Waals surface area contributed by atoms with Crippen molar-refractivity contribution < 1.29 is 14.6 Å². The molecule has 0 unspecified atom stereocenters. The van der Waals surface area contributed by atoms with Crippen molar-refractivity contribution in [2.75, 3.05) is 45.8 Å². The fourth-order valence-electron chi connectivity index (χ4n) is 1.72. The van der Waals surface area contributed by atoms with Gasteiger partial charge in [-0.15, -0.1) is 0 Å². The average molecular weight is 287 g/mol. The van der Waals surface area contributed by atoms with Gasteiger partial charge in [-0.25, -0.2) is 0 Å². The Bertz CT molecular complexity index is 426. The van der Waals surface area contributed by atoms with Gasteiger partial charge >= 0.3 is 0 Å². The number of halogens is 1. The zero-order valence-electron chi connectivity index (χ0n) is 11.1. The third-order valence-corrected chi connectivity index (χ3v) is 2.94. The molecule has 1 amide bonds. The number of methoxy groups -OCH3 is 1. The van der Waals surface area contributed by atoms with Gasteiger partial charge in [0.15, 0.2) is 0 Å². The first-order valence-electron chi connectivity index (χ1n) is 6.00. The zero-order valence-corrected chi connectivity index (χ0v) is 11.9. The number of carbonyl (C=O) groups is 1. The number of amides is 1. The molecule has 0 bridgehead atoms. The summed E-state index contributed by atoms with van der Waals surface area (Å²) in [5, 5.41) is 12.5. The van der Waals surface area contributed by atoms with Gasteiger partial charge in [-0.1, -0.05) is 11.6 Å². The second-order valence-corrected chi connectivity index (χ2v) is 4.38. The number of aliphatic hydroxyl groups excluding tert-OH is 1. The minimum absolute atomic E-state index is 0.0924. The van der Waals surface area contributed by atoms with Crippen LogP contribution in [0.15, 0.2) is 18.2 Å². The van der Waals surface area contributed by atoms with Gasteiger partial charge in [0, 0.05) is 38.0 Å². The van der Waals surface area contributed by atoms with Crippen LogP contribution in [0.1, 0.15) is 10.4 Å². The molecule has 0 spiro atoms. The molecule has 0 saturated heterocycles. The predicted octanol–water partition coefficient (Wildman–Crippen LogP) is 1.46. The van der Waals surface area contributed by atoms with E-state index in [4.69, 9.17) is 21.4 Å². The molecule has 2 N–H and O–H groups in total. The Morgan fingerprint density at radius 1 is 1.47 bits per heavy atom. The van der Waals surface area contributed by atoms with E-state index in [0.717, 1.165) is 0 Å². The smallest absolute Gasteiger partial charge is 0.256 e. The molecule has 0 radical (unpaired) electrons. The summed E-state index contributed by atoms with van der Waals surface area (Å²) in [4.78, 5) is 14.0. The molecule has 0 atom stereocenters. The zero-order chi connectivity index (χ0) is 14.3. The summed E-state index contributed by atoms with van der Waals surface area (Å²) in [5.74, 6) is -0.182. The first-order chi connectivity index (χ1) is 9.13. The SMILES string of the molecule is CNc1ccc(Cl)cc1C(=O)N(CCO)CCOC. The molecule has 5 nitrogen and oxygen atoms in total. The summed E-state index contributed by atoms with van der Waals surface area (Å²) in [5.41, 5.74) is 1.19. The number of carbonyl (C=O) groups excluding carboxylic acids is 1. The standard InChI is InChI=1S/C13H19ClN2O3/c1-15-12-4-3-10(14)9-11(12)13(18)16(5-7-17)6-8-19-2/h3-4,9,15,17H,5-8H2,1-2H3. The number of hydrogen-bond donors (Lipinski definition) is 2. The van der Waals surface area contributed by atoms with Crippen LogP contribution >= 0.6 is 11.6 Å². The van der Waals surface area contributed by atoms with Gasteiger partial charge in [-0.05, 0) is 18.2 Å². The maximum atomic E-state index is 12.4. The van der Waals surface area contributed by atoms with Crippen molar-refractivity contribution in [3.63, 3.8) is 0 Å². The highest BCUT2D eigenvalue weighted by atomic mass is 35.5. The van der Waals surface area contributed by atoms with E-state index in [-0.39, 0.29) is 19.1 Å². The molecule has 1 aromatic carbocycles. The molecule has 1 aromatic rings. The van der Waals surface area contributed by atoms with Crippen LogP contribution < -0.4 is 5.32 Å². The molecule has 19 heavy (non-hydrogen) atoms. The average Bonchev–Trinajstić information content (AvgIpc) is 2.42. The molecule has 1 rings (SSSR count). The van der Waals surface area contributed by atoms with Gasteiger partial charge in [0.05, 0.1) is 18.8 Å². The van der Waals surface area contributed by atoms with Crippen molar-refractivity contribution in [2.45, 2.75) is 0 Å². The van der Waals surface area contributed by atoms with Gasteiger partial charge in [-0.3, -0.25) is 4.79 Å². The van der Waals surface area contributed by atoms with Crippen LogP contribution in [0.5, 0.6) is 0 Å². The molecular formula is C13H19ClN2O3. The van der Waals surface area contributed by atoms with Crippen LogP contribution in [0.4, 0.5) is 5.69 Å². The Hall–Kier alpha value is -1.30. The van der Waals surface area contributed by atoms with Crippen molar-refractivity contribution in [3.05, 3.63) is 28.8 Å². The summed E-state index contributed by atoms with van der Waals surface area (Å²) in [6, 6.07) is 5.09. The van der Waals surface area contributed by atoms with E-state index in [1.807, 2.05) is 0 Å². The maximum absolute atomic E-state index is 12.4. The highest BCUT2D eigenvalue weighted by Gasteiger charge is 2.18. The van der Waals surface area contributed by atoms with Crippen LogP contribution in [0.3, 0.4) is 0 Å². The lowest BCUT2D eigenvalue weighted by Crippen LogP contribution is -2.36. The third kappa shape index (κ3) is 4.38. The highest BCUT2D eigenvalue weighted by molar-refractivity contribution is 6.31. The number of anilines is 1. The van der Waals surface area contributed by atoms with Gasteiger partial charge in [-0.2, -0.15) is 0 Å². The largest absolute Gasteiger partial charge is 0.395 e. The van der Waals surface area contributed by atoms with Gasteiger partial charge in [0.2, 0.25) is 0 Å². The van der Waals surface area contributed by atoms with Gasteiger partial charge < -0.3 is 20.1 Å². The molecule has 6 heteroatoms. The molecule has 0 fully saturated rings. The molecule has 0 aliphatic carbocycles. The van der Waals surface area contributed by atoms with E-state index >= 15 is 0 Å². The number of nitrogens with one attached hydrogen (secondary N) is 1. The monoisotopic (exact) mass is 286 g/mol. The Labute approximate surface area is 118 Å². The molecule has 106 valence electrons. The fraction of sp³-hybridized carbons (Fsp3) is 0.462. The quantitative estimate of drug-likeness (QED) is 0.797. The van der Waals surface area contributed by atoms with Crippen molar-refractivity contribution >= 4 is 23.2 Å². The Balaban J connectivity index is 2.97. The molecular weight excluding hydrogens is 268 g/mol. The van der Waals surface area contributed by atoms with E-state index in [1.54, 1.807) is 32.4 Å². The second-order valence-electron chi connectivity index (χ2n) is 3.95. The number of ether oxygens (including phenoxy) is 1. The van der Waals surface area contributed by atoms with E-state index in [1.165, 1.54) is 4.90 Å². The number of rotatable bonds is 7. The first kappa shape index (κ1) is 15.8. The van der Waals surface area contributed by atoms with Crippen molar-refractivity contribution in [1.82, 2.24) is 4.90 Å². The topological polar surface area (TPSA) is 61.8 Å². The maximum Gasteiger partial charge on any atom is 0.256 e. The number of benzene rings is 1. The van der Waals surface area contributed by atoms with Crippen LogP contribution in [0.25, 0.3) is 0 Å². The minimum atomic E-state index is -0.182. The summed E-state index contributed by atoms with van der Waals surface area (Å²) in [6.45, 7) is 1.01.